The molecule has 3 heterocycles. The predicted molar refractivity (Wildman–Crippen MR) is 129 cm³/mol. The molecule has 0 saturated carbocycles. The first-order valence-corrected chi connectivity index (χ1v) is 11.5. The van der Waals surface area contributed by atoms with Gasteiger partial charge in [-0.15, -0.1) is 0 Å². The average molecular weight is 441 g/mol. The molecule has 6 nitrogen and oxygen atoms in total. The Kier molecular flexibility index (Phi) is 5.58. The molecule has 1 fully saturated rings. The Morgan fingerprint density at radius 2 is 2.03 bits per heavy atom. The van der Waals surface area contributed by atoms with Gasteiger partial charge in [0.25, 0.3) is 0 Å². The first-order chi connectivity index (χ1) is 16.0. The van der Waals surface area contributed by atoms with Gasteiger partial charge in [-0.1, -0.05) is 42.5 Å². The quantitative estimate of drug-likeness (QED) is 0.455. The van der Waals surface area contributed by atoms with E-state index in [4.69, 9.17) is 0 Å². The van der Waals surface area contributed by atoms with Gasteiger partial charge in [0.2, 0.25) is 11.8 Å². The van der Waals surface area contributed by atoms with Crippen molar-refractivity contribution in [3.63, 3.8) is 0 Å². The molecule has 2 N–H and O–H groups in total. The summed E-state index contributed by atoms with van der Waals surface area (Å²) in [7, 11) is 0. The molecule has 1 aliphatic rings. The van der Waals surface area contributed by atoms with Gasteiger partial charge in [0.15, 0.2) is 0 Å². The van der Waals surface area contributed by atoms with Crippen molar-refractivity contribution in [1.29, 1.82) is 0 Å². The number of carbonyl (C=O) groups is 2. The number of hydrogen-bond acceptors (Lipinski definition) is 3. The van der Waals surface area contributed by atoms with E-state index in [9.17, 15) is 9.59 Å². The number of amides is 2. The zero-order valence-electron chi connectivity index (χ0n) is 18.8. The maximum absolute atomic E-state index is 12.7. The van der Waals surface area contributed by atoms with Crippen molar-refractivity contribution in [2.24, 2.45) is 0 Å². The molecule has 1 aliphatic heterocycles. The molecule has 5 rings (SSSR count). The van der Waals surface area contributed by atoms with Crippen molar-refractivity contribution >= 4 is 28.2 Å². The van der Waals surface area contributed by atoms with Gasteiger partial charge in [0.05, 0.1) is 12.2 Å². The number of nitrogens with zero attached hydrogens (tertiary/aromatic N) is 2. The molecule has 2 aromatic heterocycles. The molecular formula is C27H28N4O2. The van der Waals surface area contributed by atoms with Crippen LogP contribution in [-0.4, -0.2) is 26.7 Å². The van der Waals surface area contributed by atoms with Gasteiger partial charge in [-0.3, -0.25) is 9.59 Å². The fourth-order valence-electron chi connectivity index (χ4n) is 4.84. The number of imidazole rings is 1. The lowest BCUT2D eigenvalue weighted by Crippen LogP contribution is -2.44. The van der Waals surface area contributed by atoms with Gasteiger partial charge in [-0.25, -0.2) is 4.98 Å². The van der Waals surface area contributed by atoms with Crippen molar-refractivity contribution in [2.45, 2.75) is 51.1 Å². The fourth-order valence-corrected chi connectivity index (χ4v) is 4.84. The van der Waals surface area contributed by atoms with Crippen molar-refractivity contribution in [2.75, 3.05) is 0 Å². The maximum Gasteiger partial charge on any atom is 0.220 e. The summed E-state index contributed by atoms with van der Waals surface area (Å²) >= 11 is 0. The zero-order chi connectivity index (χ0) is 22.8. The number of hydrogen-bond donors (Lipinski definition) is 2. The Bertz CT molecular complexity index is 1340. The van der Waals surface area contributed by atoms with Gasteiger partial charge in [-0.2, -0.15) is 0 Å². The summed E-state index contributed by atoms with van der Waals surface area (Å²) in [6.45, 7) is 2.42. The van der Waals surface area contributed by atoms with Crippen LogP contribution in [0.15, 0.2) is 67.0 Å². The molecule has 6 heteroatoms. The second-order valence-electron chi connectivity index (χ2n) is 9.12. The Labute approximate surface area is 193 Å². The SMILES string of the molecule is Cc1ccn2cc(CNC(=O)CCC3(Cc4cccc5ccccc45)CCC(=O)N3)nc2c1. The van der Waals surface area contributed by atoms with E-state index in [0.717, 1.165) is 29.7 Å². The molecule has 33 heavy (non-hydrogen) atoms. The fraction of sp³-hybridized carbons (Fsp3) is 0.296. The number of rotatable bonds is 7. The lowest BCUT2D eigenvalue weighted by atomic mass is 9.83. The first kappa shape index (κ1) is 21.2. The monoisotopic (exact) mass is 440 g/mol. The van der Waals surface area contributed by atoms with Crippen LogP contribution in [0.3, 0.4) is 0 Å². The minimum atomic E-state index is -0.390. The first-order valence-electron chi connectivity index (χ1n) is 11.5. The standard InChI is InChI=1S/C27H28N4O2/c1-19-11-14-31-18-22(29-24(31)15-19)17-28-25(32)9-12-27(13-10-26(33)30-27)16-21-7-4-6-20-5-2-3-8-23(20)21/h2-8,11,14-15,18H,9-10,12-13,16-17H2,1H3,(H,28,32)(H,30,33). The van der Waals surface area contributed by atoms with Gasteiger partial charge >= 0.3 is 0 Å². The zero-order valence-corrected chi connectivity index (χ0v) is 18.8. The third-order valence-electron chi connectivity index (χ3n) is 6.61. The third kappa shape index (κ3) is 4.60. The van der Waals surface area contributed by atoms with E-state index in [1.807, 2.05) is 48.0 Å². The Hall–Kier alpha value is -3.67. The van der Waals surface area contributed by atoms with Crippen LogP contribution in [0.4, 0.5) is 0 Å². The Balaban J connectivity index is 1.25. The van der Waals surface area contributed by atoms with Crippen LogP contribution in [0.2, 0.25) is 0 Å². The second kappa shape index (κ2) is 8.70. The highest BCUT2D eigenvalue weighted by atomic mass is 16.2. The summed E-state index contributed by atoms with van der Waals surface area (Å²) in [6.07, 6.45) is 6.85. The van der Waals surface area contributed by atoms with Crippen molar-refractivity contribution in [3.8, 4) is 0 Å². The molecule has 0 aliphatic carbocycles. The summed E-state index contributed by atoms with van der Waals surface area (Å²) in [5.74, 6) is 0.0392. The molecule has 0 spiro atoms. The van der Waals surface area contributed by atoms with Gasteiger partial charge < -0.3 is 15.0 Å². The van der Waals surface area contributed by atoms with E-state index >= 15 is 0 Å². The highest BCUT2D eigenvalue weighted by molar-refractivity contribution is 5.86. The van der Waals surface area contributed by atoms with Crippen LogP contribution in [0, 0.1) is 6.92 Å². The summed E-state index contributed by atoms with van der Waals surface area (Å²) < 4.78 is 1.96. The van der Waals surface area contributed by atoms with E-state index in [-0.39, 0.29) is 17.4 Å². The van der Waals surface area contributed by atoms with E-state index < -0.39 is 0 Å². The number of aryl methyl sites for hydroxylation is 1. The lowest BCUT2D eigenvalue weighted by Gasteiger charge is -2.30. The van der Waals surface area contributed by atoms with Crippen LogP contribution in [0.5, 0.6) is 0 Å². The number of benzene rings is 2. The van der Waals surface area contributed by atoms with Crippen LogP contribution in [0.25, 0.3) is 16.4 Å². The van der Waals surface area contributed by atoms with Gasteiger partial charge in [-0.05, 0) is 60.2 Å². The topological polar surface area (TPSA) is 75.5 Å². The van der Waals surface area contributed by atoms with Crippen molar-refractivity contribution in [3.05, 3.63) is 83.8 Å². The smallest absolute Gasteiger partial charge is 0.220 e. The van der Waals surface area contributed by atoms with E-state index in [1.165, 1.54) is 16.3 Å². The maximum atomic E-state index is 12.7. The lowest BCUT2D eigenvalue weighted by molar-refractivity contribution is -0.122. The molecule has 4 aromatic rings. The van der Waals surface area contributed by atoms with E-state index in [2.05, 4.69) is 45.9 Å². The summed E-state index contributed by atoms with van der Waals surface area (Å²) in [5, 5.41) is 8.58. The van der Waals surface area contributed by atoms with Crippen LogP contribution in [0.1, 0.15) is 42.5 Å². The molecule has 1 unspecified atom stereocenters. The molecule has 1 saturated heterocycles. The molecular weight excluding hydrogens is 412 g/mol. The molecule has 2 amide bonds. The molecule has 2 aromatic carbocycles. The summed E-state index contributed by atoms with van der Waals surface area (Å²) in [4.78, 5) is 29.4. The molecule has 0 bridgehead atoms. The van der Waals surface area contributed by atoms with E-state index in [0.29, 0.717) is 25.8 Å². The largest absolute Gasteiger partial charge is 0.350 e. The third-order valence-corrected chi connectivity index (χ3v) is 6.61. The van der Waals surface area contributed by atoms with Crippen molar-refractivity contribution in [1.82, 2.24) is 20.0 Å². The minimum absolute atomic E-state index is 0.0262. The number of aromatic nitrogens is 2. The highest BCUT2D eigenvalue weighted by Crippen LogP contribution is 2.32. The van der Waals surface area contributed by atoms with E-state index in [1.54, 1.807) is 0 Å². The van der Waals surface area contributed by atoms with Gasteiger partial charge in [0.1, 0.15) is 5.65 Å². The van der Waals surface area contributed by atoms with Crippen LogP contribution in [-0.2, 0) is 22.6 Å². The predicted octanol–water partition coefficient (Wildman–Crippen LogP) is 4.08. The van der Waals surface area contributed by atoms with Crippen LogP contribution < -0.4 is 10.6 Å². The normalized spacial score (nSPS) is 18.0. The number of carbonyl (C=O) groups excluding carboxylic acids is 2. The Morgan fingerprint density at radius 3 is 2.88 bits per heavy atom. The highest BCUT2D eigenvalue weighted by Gasteiger charge is 2.38. The van der Waals surface area contributed by atoms with Crippen LogP contribution >= 0.6 is 0 Å². The summed E-state index contributed by atoms with van der Waals surface area (Å²) in [5.41, 5.74) is 3.67. The molecule has 168 valence electrons. The minimum Gasteiger partial charge on any atom is -0.350 e. The molecule has 0 radical (unpaired) electrons. The van der Waals surface area contributed by atoms with Gasteiger partial charge in [0, 0.05) is 30.8 Å². The summed E-state index contributed by atoms with van der Waals surface area (Å²) in [6, 6.07) is 18.6. The number of pyridine rings is 1. The number of fused-ring (bicyclic) bond motifs is 2. The second-order valence-corrected chi connectivity index (χ2v) is 9.12. The average Bonchev–Trinajstić information content (AvgIpc) is 3.39. The number of nitrogens with one attached hydrogen (secondary N) is 2. The molecule has 1 atom stereocenters. The van der Waals surface area contributed by atoms with Crippen molar-refractivity contribution < 1.29 is 9.59 Å². The Morgan fingerprint density at radius 1 is 1.18 bits per heavy atom.